The molecule has 3 fully saturated rings. The third-order valence-electron chi connectivity index (χ3n) is 8.06. The van der Waals surface area contributed by atoms with E-state index in [9.17, 15) is 18.3 Å². The number of carbonyl (C=O) groups excluding carboxylic acids is 1. The molecule has 8 nitrogen and oxygen atoms in total. The molecule has 0 radical (unpaired) electrons. The van der Waals surface area contributed by atoms with Crippen LogP contribution in [-0.2, 0) is 26.1 Å². The predicted octanol–water partition coefficient (Wildman–Crippen LogP) is 3.08. The minimum absolute atomic E-state index is 0.0867. The first-order valence-corrected chi connectivity index (χ1v) is 14.6. The van der Waals surface area contributed by atoms with Crippen molar-refractivity contribution in [1.82, 2.24) is 14.1 Å². The van der Waals surface area contributed by atoms with Crippen molar-refractivity contribution in [2.24, 2.45) is 0 Å². The number of amides is 1. The summed E-state index contributed by atoms with van der Waals surface area (Å²) >= 11 is 6.07. The van der Waals surface area contributed by atoms with Gasteiger partial charge in [-0.1, -0.05) is 54.1 Å². The minimum Gasteiger partial charge on any atom is -0.391 e. The number of ether oxygens (including phenoxy) is 1. The highest BCUT2D eigenvalue weighted by atomic mass is 35.5. The molecular weight excluding hydrogens is 526 g/mol. The van der Waals surface area contributed by atoms with Gasteiger partial charge in [0.2, 0.25) is 15.9 Å². The highest BCUT2D eigenvalue weighted by Gasteiger charge is 2.60. The fourth-order valence-corrected chi connectivity index (χ4v) is 7.63. The molecular formula is C28H30ClN3O5S. The molecule has 1 N–H and O–H groups in total. The number of benzene rings is 3. The summed E-state index contributed by atoms with van der Waals surface area (Å²) in [7, 11) is -4.02. The van der Waals surface area contributed by atoms with Gasteiger partial charge in [0.1, 0.15) is 0 Å². The van der Waals surface area contributed by atoms with E-state index in [1.54, 1.807) is 35.2 Å². The lowest BCUT2D eigenvalue weighted by atomic mass is 9.91. The molecule has 1 atom stereocenters. The van der Waals surface area contributed by atoms with Crippen LogP contribution >= 0.6 is 11.6 Å². The second-order valence-electron chi connectivity index (χ2n) is 10.6. The van der Waals surface area contributed by atoms with Gasteiger partial charge in [0.25, 0.3) is 0 Å². The lowest BCUT2D eigenvalue weighted by Gasteiger charge is -2.44. The molecule has 200 valence electrons. The molecule has 10 heteroatoms. The number of nitrogens with zero attached hydrogens (tertiary/aromatic N) is 3. The SMILES string of the molecule is O=C1CN(S(=O)(=O)c2ccc3cc(Cl)ccc3c2)CC2(CO)OC3(CCN(Cc4ccccc4)CC3)CN12. The number of piperidine rings is 1. The molecule has 0 aliphatic carbocycles. The maximum atomic E-state index is 13.7. The van der Waals surface area contributed by atoms with Crippen molar-refractivity contribution in [3.8, 4) is 0 Å². The number of carbonyl (C=O) groups is 1. The largest absolute Gasteiger partial charge is 0.391 e. The zero-order chi connectivity index (χ0) is 26.5. The zero-order valence-corrected chi connectivity index (χ0v) is 22.5. The number of hydrogen-bond acceptors (Lipinski definition) is 6. The second-order valence-corrected chi connectivity index (χ2v) is 12.9. The number of piperazine rings is 1. The van der Waals surface area contributed by atoms with Crippen LogP contribution in [0.2, 0.25) is 5.02 Å². The van der Waals surface area contributed by atoms with Crippen molar-refractivity contribution in [1.29, 1.82) is 0 Å². The number of aliphatic hydroxyl groups excluding tert-OH is 1. The van der Waals surface area contributed by atoms with Crippen LogP contribution in [0.3, 0.4) is 0 Å². The summed E-state index contributed by atoms with van der Waals surface area (Å²) in [4.78, 5) is 17.3. The first-order chi connectivity index (χ1) is 18.2. The molecule has 6 rings (SSSR count). The van der Waals surface area contributed by atoms with E-state index in [1.165, 1.54) is 11.6 Å². The van der Waals surface area contributed by atoms with Crippen molar-refractivity contribution >= 4 is 38.3 Å². The van der Waals surface area contributed by atoms with Gasteiger partial charge in [0.05, 0.1) is 36.7 Å². The van der Waals surface area contributed by atoms with E-state index in [4.69, 9.17) is 16.3 Å². The first kappa shape index (κ1) is 25.7. The monoisotopic (exact) mass is 555 g/mol. The van der Waals surface area contributed by atoms with Crippen LogP contribution < -0.4 is 0 Å². The summed E-state index contributed by atoms with van der Waals surface area (Å²) in [6, 6.07) is 20.3. The Morgan fingerprint density at radius 3 is 2.39 bits per heavy atom. The van der Waals surface area contributed by atoms with Gasteiger partial charge in [0, 0.05) is 24.7 Å². The van der Waals surface area contributed by atoms with E-state index < -0.39 is 28.0 Å². The van der Waals surface area contributed by atoms with Gasteiger partial charge in [0.15, 0.2) is 5.72 Å². The maximum Gasteiger partial charge on any atom is 0.243 e. The summed E-state index contributed by atoms with van der Waals surface area (Å²) in [6.07, 6.45) is 1.40. The molecule has 3 aliphatic rings. The molecule has 3 saturated heterocycles. The lowest BCUT2D eigenvalue weighted by molar-refractivity contribution is -0.194. The van der Waals surface area contributed by atoms with Gasteiger partial charge < -0.3 is 14.7 Å². The molecule has 1 spiro atoms. The fraction of sp³-hybridized carbons (Fsp3) is 0.393. The van der Waals surface area contributed by atoms with E-state index in [0.717, 1.165) is 34.7 Å². The normalized spacial score (nSPS) is 24.3. The molecule has 1 amide bonds. The first-order valence-electron chi connectivity index (χ1n) is 12.8. The molecule has 3 heterocycles. The number of halogens is 1. The molecule has 0 aromatic heterocycles. The summed E-state index contributed by atoms with van der Waals surface area (Å²) in [5.41, 5.74) is -0.755. The van der Waals surface area contributed by atoms with Crippen LogP contribution in [0.15, 0.2) is 71.6 Å². The summed E-state index contributed by atoms with van der Waals surface area (Å²) in [6.45, 7) is 1.90. The van der Waals surface area contributed by atoms with Crippen molar-refractivity contribution < 1.29 is 23.1 Å². The van der Waals surface area contributed by atoms with E-state index >= 15 is 0 Å². The predicted molar refractivity (Wildman–Crippen MR) is 144 cm³/mol. The van der Waals surface area contributed by atoms with Crippen molar-refractivity contribution in [3.63, 3.8) is 0 Å². The standard InChI is InChI=1S/C28H30ClN3O5S/c29-24-8-6-23-15-25(9-7-22(23)14-24)38(35,36)31-17-26(34)32-18-27(37-28(32,19-31)20-33)10-12-30(13-11-27)16-21-4-2-1-3-5-21/h1-9,14-15,33H,10-13,16-20H2. The number of sulfonamides is 1. The maximum absolute atomic E-state index is 13.7. The molecule has 0 bridgehead atoms. The molecule has 38 heavy (non-hydrogen) atoms. The second kappa shape index (κ2) is 9.59. The zero-order valence-electron chi connectivity index (χ0n) is 20.9. The Labute approximate surface area is 227 Å². The fourth-order valence-electron chi connectivity index (χ4n) is 5.99. The molecule has 0 saturated carbocycles. The van der Waals surface area contributed by atoms with Crippen LogP contribution in [0.25, 0.3) is 10.8 Å². The number of hydrogen-bond donors (Lipinski definition) is 1. The summed E-state index contributed by atoms with van der Waals surface area (Å²) < 4.78 is 35.0. The van der Waals surface area contributed by atoms with Gasteiger partial charge in [-0.15, -0.1) is 0 Å². The van der Waals surface area contributed by atoms with Crippen LogP contribution in [0.5, 0.6) is 0 Å². The Balaban J connectivity index is 1.21. The van der Waals surface area contributed by atoms with Crippen LogP contribution in [0, 0.1) is 0 Å². The Kier molecular flexibility index (Phi) is 6.49. The Morgan fingerprint density at radius 1 is 0.947 bits per heavy atom. The third-order valence-corrected chi connectivity index (χ3v) is 10.1. The lowest BCUT2D eigenvalue weighted by Crippen LogP contribution is -2.65. The molecule has 3 aromatic rings. The molecule has 1 unspecified atom stereocenters. The highest BCUT2D eigenvalue weighted by molar-refractivity contribution is 7.89. The highest BCUT2D eigenvalue weighted by Crippen LogP contribution is 2.43. The van der Waals surface area contributed by atoms with Crippen molar-refractivity contribution in [3.05, 3.63) is 77.3 Å². The van der Waals surface area contributed by atoms with Crippen LogP contribution in [0.1, 0.15) is 18.4 Å². The Morgan fingerprint density at radius 2 is 1.66 bits per heavy atom. The van der Waals surface area contributed by atoms with E-state index in [-0.39, 0.29) is 23.9 Å². The average molecular weight is 556 g/mol. The molecule has 3 aromatic carbocycles. The van der Waals surface area contributed by atoms with Gasteiger partial charge in [-0.25, -0.2) is 8.42 Å². The number of likely N-dealkylation sites (tertiary alicyclic amines) is 1. The quantitative estimate of drug-likeness (QED) is 0.520. The number of rotatable bonds is 5. The van der Waals surface area contributed by atoms with Gasteiger partial charge >= 0.3 is 0 Å². The Hall–Kier alpha value is -2.53. The van der Waals surface area contributed by atoms with Crippen molar-refractivity contribution in [2.75, 3.05) is 39.3 Å². The topological polar surface area (TPSA) is 90.4 Å². The van der Waals surface area contributed by atoms with Crippen LogP contribution in [0.4, 0.5) is 0 Å². The summed E-state index contributed by atoms with van der Waals surface area (Å²) in [5, 5.41) is 12.6. The van der Waals surface area contributed by atoms with Crippen LogP contribution in [-0.4, -0.2) is 84.2 Å². The molecule has 3 aliphatic heterocycles. The smallest absolute Gasteiger partial charge is 0.243 e. The number of fused-ring (bicyclic) bond motifs is 2. The van der Waals surface area contributed by atoms with E-state index in [1.807, 2.05) is 18.2 Å². The van der Waals surface area contributed by atoms with Gasteiger partial charge in [-0.05, 0) is 53.4 Å². The van der Waals surface area contributed by atoms with Gasteiger partial charge in [-0.2, -0.15) is 4.31 Å². The number of aliphatic hydroxyl groups is 1. The van der Waals surface area contributed by atoms with Gasteiger partial charge in [-0.3, -0.25) is 9.69 Å². The average Bonchev–Trinajstić information content (AvgIpc) is 3.25. The third kappa shape index (κ3) is 4.51. The summed E-state index contributed by atoms with van der Waals surface area (Å²) in [5.74, 6) is -0.356. The van der Waals surface area contributed by atoms with Crippen molar-refractivity contribution in [2.45, 2.75) is 35.6 Å². The van der Waals surface area contributed by atoms with E-state index in [2.05, 4.69) is 17.0 Å². The van der Waals surface area contributed by atoms with E-state index in [0.29, 0.717) is 24.4 Å². The Bertz CT molecular complexity index is 1480. The minimum atomic E-state index is -4.02.